The van der Waals surface area contributed by atoms with Crippen molar-refractivity contribution < 1.29 is 44.1 Å². The van der Waals surface area contributed by atoms with Crippen molar-refractivity contribution in [2.75, 3.05) is 6.54 Å². The van der Waals surface area contributed by atoms with Crippen molar-refractivity contribution in [1.29, 1.82) is 0 Å². The Kier molecular flexibility index (Phi) is 11.7. The maximum absolute atomic E-state index is 12.6. The summed E-state index contributed by atoms with van der Waals surface area (Å²) in [6, 6.07) is -3.99. The first kappa shape index (κ1) is 26.8. The van der Waals surface area contributed by atoms with Gasteiger partial charge >= 0.3 is 17.9 Å². The molecule has 0 fully saturated rings. The summed E-state index contributed by atoms with van der Waals surface area (Å²) in [6.07, 6.45) is -1.38. The fourth-order valence-electron chi connectivity index (χ4n) is 2.36. The molecule has 3 amide bonds. The zero-order valence-electron chi connectivity index (χ0n) is 16.7. The van der Waals surface area contributed by atoms with Gasteiger partial charge < -0.3 is 37.0 Å². The van der Waals surface area contributed by atoms with E-state index in [1.807, 2.05) is 0 Å². The minimum Gasteiger partial charge on any atom is -0.481 e. The van der Waals surface area contributed by atoms with Crippen molar-refractivity contribution in [2.45, 2.75) is 57.7 Å². The van der Waals surface area contributed by atoms with Crippen molar-refractivity contribution in [2.24, 2.45) is 11.7 Å². The van der Waals surface area contributed by atoms with E-state index in [1.165, 1.54) is 0 Å². The van der Waals surface area contributed by atoms with Crippen LogP contribution in [0.1, 0.15) is 39.5 Å². The molecule has 30 heavy (non-hydrogen) atoms. The lowest BCUT2D eigenvalue weighted by Gasteiger charge is -2.24. The molecule has 0 radical (unpaired) electrons. The Labute approximate surface area is 172 Å². The number of carbonyl (C=O) groups is 6. The Balaban J connectivity index is 5.32. The minimum atomic E-state index is -1.46. The number of carboxylic acids is 3. The molecule has 0 heterocycles. The van der Waals surface area contributed by atoms with E-state index in [0.29, 0.717) is 0 Å². The van der Waals surface area contributed by atoms with Crippen LogP contribution in [0.15, 0.2) is 0 Å². The summed E-state index contributed by atoms with van der Waals surface area (Å²) in [5, 5.41) is 32.9. The molecule has 0 rings (SSSR count). The summed E-state index contributed by atoms with van der Waals surface area (Å²) < 4.78 is 0. The highest BCUT2D eigenvalue weighted by molar-refractivity contribution is 5.94. The van der Waals surface area contributed by atoms with E-state index in [4.69, 9.17) is 21.1 Å². The molecule has 0 saturated carbocycles. The van der Waals surface area contributed by atoms with Gasteiger partial charge in [-0.2, -0.15) is 0 Å². The van der Waals surface area contributed by atoms with Crippen molar-refractivity contribution in [3.05, 3.63) is 0 Å². The summed E-state index contributed by atoms with van der Waals surface area (Å²) in [7, 11) is 0. The highest BCUT2D eigenvalue weighted by Crippen LogP contribution is 2.07. The molecule has 13 nitrogen and oxygen atoms in total. The second-order valence-corrected chi connectivity index (χ2v) is 7.00. The van der Waals surface area contributed by atoms with Crippen LogP contribution in [0.3, 0.4) is 0 Å². The third-order valence-electron chi connectivity index (χ3n) is 3.77. The molecule has 170 valence electrons. The molecule has 0 bridgehead atoms. The van der Waals surface area contributed by atoms with E-state index in [2.05, 4.69) is 16.0 Å². The van der Waals surface area contributed by atoms with Gasteiger partial charge in [0.15, 0.2) is 0 Å². The summed E-state index contributed by atoms with van der Waals surface area (Å²) in [5.74, 6) is -6.54. The van der Waals surface area contributed by atoms with Crippen molar-refractivity contribution in [3.8, 4) is 0 Å². The molecular formula is C17H28N4O9. The summed E-state index contributed by atoms with van der Waals surface area (Å²) in [6.45, 7) is 2.86. The van der Waals surface area contributed by atoms with Crippen LogP contribution < -0.4 is 21.7 Å². The zero-order chi connectivity index (χ0) is 23.4. The topological polar surface area (TPSA) is 225 Å². The predicted octanol–water partition coefficient (Wildman–Crippen LogP) is -2.13. The normalized spacial score (nSPS) is 13.6. The van der Waals surface area contributed by atoms with Gasteiger partial charge in [-0.05, 0) is 18.8 Å². The molecule has 0 aliphatic carbocycles. The van der Waals surface area contributed by atoms with Crippen LogP contribution in [0.25, 0.3) is 0 Å². The van der Waals surface area contributed by atoms with E-state index in [-0.39, 0.29) is 18.8 Å². The summed E-state index contributed by atoms with van der Waals surface area (Å²) >= 11 is 0. The van der Waals surface area contributed by atoms with Gasteiger partial charge in [0, 0.05) is 6.42 Å². The average Bonchev–Trinajstić information content (AvgIpc) is 2.60. The number of nitrogens with two attached hydrogens (primary N) is 1. The first-order valence-corrected chi connectivity index (χ1v) is 9.12. The van der Waals surface area contributed by atoms with Crippen LogP contribution >= 0.6 is 0 Å². The Bertz CT molecular complexity index is 666. The van der Waals surface area contributed by atoms with E-state index in [0.717, 1.165) is 0 Å². The number of carboxylic acid groups (broad SMARTS) is 3. The van der Waals surface area contributed by atoms with Gasteiger partial charge in [0.25, 0.3) is 0 Å². The van der Waals surface area contributed by atoms with E-state index >= 15 is 0 Å². The fourth-order valence-corrected chi connectivity index (χ4v) is 2.36. The largest absolute Gasteiger partial charge is 0.481 e. The minimum absolute atomic E-state index is 0.0677. The lowest BCUT2D eigenvalue weighted by molar-refractivity contribution is -0.140. The molecule has 0 aromatic carbocycles. The lowest BCUT2D eigenvalue weighted by Crippen LogP contribution is -2.56. The smallest absolute Gasteiger partial charge is 0.322 e. The van der Waals surface area contributed by atoms with Crippen LogP contribution in [0, 0.1) is 5.92 Å². The van der Waals surface area contributed by atoms with Crippen LogP contribution in [0.4, 0.5) is 0 Å². The van der Waals surface area contributed by atoms with Crippen molar-refractivity contribution in [1.82, 2.24) is 16.0 Å². The number of rotatable bonds is 14. The van der Waals surface area contributed by atoms with Gasteiger partial charge in [0.1, 0.15) is 18.6 Å². The lowest BCUT2D eigenvalue weighted by atomic mass is 10.0. The predicted molar refractivity (Wildman–Crippen MR) is 101 cm³/mol. The molecular weight excluding hydrogens is 404 g/mol. The van der Waals surface area contributed by atoms with Crippen molar-refractivity contribution in [3.63, 3.8) is 0 Å². The van der Waals surface area contributed by atoms with Gasteiger partial charge in [-0.3, -0.25) is 28.8 Å². The SMILES string of the molecule is CC(C)CC(NC(=O)C(CCC(=O)O)NC(=O)C(N)CC(=O)O)C(=O)NCC(=O)O. The number of amides is 3. The van der Waals surface area contributed by atoms with E-state index in [9.17, 15) is 28.8 Å². The Morgan fingerprint density at radius 3 is 1.83 bits per heavy atom. The molecule has 13 heteroatoms. The first-order valence-electron chi connectivity index (χ1n) is 9.12. The maximum atomic E-state index is 12.6. The zero-order valence-corrected chi connectivity index (χ0v) is 16.7. The highest BCUT2D eigenvalue weighted by Gasteiger charge is 2.29. The monoisotopic (exact) mass is 432 g/mol. The molecule has 0 aliphatic rings. The molecule has 0 spiro atoms. The van der Waals surface area contributed by atoms with Gasteiger partial charge in [-0.1, -0.05) is 13.8 Å². The van der Waals surface area contributed by atoms with Crippen LogP contribution in [0.2, 0.25) is 0 Å². The van der Waals surface area contributed by atoms with Crippen LogP contribution in [0.5, 0.6) is 0 Å². The number of hydrogen-bond donors (Lipinski definition) is 7. The summed E-state index contributed by atoms with van der Waals surface area (Å²) in [5.41, 5.74) is 5.45. The van der Waals surface area contributed by atoms with Gasteiger partial charge in [-0.25, -0.2) is 0 Å². The van der Waals surface area contributed by atoms with Gasteiger partial charge in [0.2, 0.25) is 17.7 Å². The second kappa shape index (κ2) is 13.1. The molecule has 0 aromatic rings. The number of aliphatic carboxylic acids is 3. The molecule has 3 unspecified atom stereocenters. The molecule has 8 N–H and O–H groups in total. The number of nitrogens with one attached hydrogen (secondary N) is 3. The molecule has 0 saturated heterocycles. The Hall–Kier alpha value is -3.22. The van der Waals surface area contributed by atoms with Gasteiger partial charge in [-0.15, -0.1) is 0 Å². The number of hydrogen-bond acceptors (Lipinski definition) is 7. The first-order chi connectivity index (χ1) is 13.8. The molecule has 0 aromatic heterocycles. The quantitative estimate of drug-likeness (QED) is 0.158. The van der Waals surface area contributed by atoms with E-state index < -0.39 is 73.1 Å². The standard InChI is InChI=1S/C17H28N4O9/c1-8(2)5-11(16(29)19-7-14(26)27)21-17(30)10(3-4-12(22)23)20-15(28)9(18)6-13(24)25/h8-11H,3-7,18H2,1-2H3,(H,19,29)(H,20,28)(H,21,30)(H,22,23)(H,24,25)(H,26,27). The van der Waals surface area contributed by atoms with Crippen LogP contribution in [-0.4, -0.2) is 75.6 Å². The fraction of sp³-hybridized carbons (Fsp3) is 0.647. The average molecular weight is 432 g/mol. The van der Waals surface area contributed by atoms with Crippen molar-refractivity contribution >= 4 is 35.6 Å². The molecule has 0 aliphatic heterocycles. The highest BCUT2D eigenvalue weighted by atomic mass is 16.4. The Morgan fingerprint density at radius 2 is 1.37 bits per heavy atom. The maximum Gasteiger partial charge on any atom is 0.322 e. The summed E-state index contributed by atoms with van der Waals surface area (Å²) in [4.78, 5) is 69.0. The number of carbonyl (C=O) groups excluding carboxylic acids is 3. The van der Waals surface area contributed by atoms with Crippen LogP contribution in [-0.2, 0) is 28.8 Å². The molecule has 3 atom stereocenters. The second-order valence-electron chi connectivity index (χ2n) is 7.00. The third kappa shape index (κ3) is 11.6. The van der Waals surface area contributed by atoms with E-state index in [1.54, 1.807) is 13.8 Å². The Morgan fingerprint density at radius 1 is 0.800 bits per heavy atom. The third-order valence-corrected chi connectivity index (χ3v) is 3.77. The van der Waals surface area contributed by atoms with Gasteiger partial charge in [0.05, 0.1) is 12.5 Å².